The summed E-state index contributed by atoms with van der Waals surface area (Å²) in [6.45, 7) is 3.10. The van der Waals surface area contributed by atoms with Crippen molar-refractivity contribution < 1.29 is 14.6 Å². The van der Waals surface area contributed by atoms with E-state index in [4.69, 9.17) is 5.11 Å². The first-order valence-electron chi connectivity index (χ1n) is 2.29. The van der Waals surface area contributed by atoms with Gasteiger partial charge in [0.2, 0.25) is 0 Å². The minimum Gasteiger partial charge on any atom is -0.495 e. The number of amides is 1. The summed E-state index contributed by atoms with van der Waals surface area (Å²) in [6.07, 6.45) is -0.637. The third-order valence-corrected chi connectivity index (χ3v) is 0.836. The van der Waals surface area contributed by atoms with E-state index >= 15 is 0 Å². The molecular weight excluding hydrogens is 122 g/mol. The van der Waals surface area contributed by atoms with E-state index in [1.807, 2.05) is 0 Å². The summed E-state index contributed by atoms with van der Waals surface area (Å²) in [7, 11) is 2.58. The molecule has 0 unspecified atom stereocenters. The van der Waals surface area contributed by atoms with Crippen molar-refractivity contribution >= 4 is 6.09 Å². The van der Waals surface area contributed by atoms with Gasteiger partial charge >= 0.3 is 6.09 Å². The van der Waals surface area contributed by atoms with Gasteiger partial charge in [0.05, 0.1) is 7.11 Å². The number of aliphatic hydroxyl groups is 1. The quantitative estimate of drug-likeness (QED) is 0.533. The Hall–Kier alpha value is -1.19. The Labute approximate surface area is 53.3 Å². The van der Waals surface area contributed by atoms with Crippen molar-refractivity contribution in [3.63, 3.8) is 0 Å². The molecule has 0 rings (SSSR count). The van der Waals surface area contributed by atoms with Crippen molar-refractivity contribution in [2.75, 3.05) is 14.2 Å². The van der Waals surface area contributed by atoms with Gasteiger partial charge in [0, 0.05) is 7.05 Å². The molecule has 0 atom stereocenters. The van der Waals surface area contributed by atoms with Crippen LogP contribution in [0.4, 0.5) is 4.79 Å². The molecule has 0 aliphatic heterocycles. The number of methoxy groups -OCH3 is 1. The molecule has 0 spiro atoms. The summed E-state index contributed by atoms with van der Waals surface area (Å²) in [5.41, 5.74) is 0. The first kappa shape index (κ1) is 7.81. The molecule has 1 amide bonds. The number of hydrogen-bond acceptors (Lipinski definition) is 3. The van der Waals surface area contributed by atoms with Crippen LogP contribution in [-0.4, -0.2) is 30.3 Å². The number of carbonyl (C=O) groups excluding carboxylic acids is 1. The third-order valence-electron chi connectivity index (χ3n) is 0.836. The first-order chi connectivity index (χ1) is 4.09. The van der Waals surface area contributed by atoms with Crippen LogP contribution in [0.2, 0.25) is 0 Å². The summed E-state index contributed by atoms with van der Waals surface area (Å²) in [6, 6.07) is 0. The van der Waals surface area contributed by atoms with Gasteiger partial charge in [-0.05, 0) is 6.58 Å². The van der Waals surface area contributed by atoms with E-state index in [1.165, 1.54) is 14.2 Å². The molecule has 4 nitrogen and oxygen atoms in total. The largest absolute Gasteiger partial charge is 0.495 e. The van der Waals surface area contributed by atoms with Crippen molar-refractivity contribution in [1.29, 1.82) is 0 Å². The van der Waals surface area contributed by atoms with E-state index in [1.54, 1.807) is 0 Å². The SMILES string of the molecule is C=C(O)N(C)C(=O)OC. The highest BCUT2D eigenvalue weighted by atomic mass is 16.5. The van der Waals surface area contributed by atoms with Crippen LogP contribution in [0.25, 0.3) is 0 Å². The van der Waals surface area contributed by atoms with Gasteiger partial charge in [-0.3, -0.25) is 4.90 Å². The highest BCUT2D eigenvalue weighted by Crippen LogP contribution is 1.94. The molecule has 0 aliphatic carbocycles. The number of ether oxygens (including phenoxy) is 1. The average Bonchev–Trinajstić information content (AvgIpc) is 1.84. The molecule has 0 heterocycles. The smallest absolute Gasteiger partial charge is 0.416 e. The van der Waals surface area contributed by atoms with Crippen molar-refractivity contribution in [3.05, 3.63) is 12.5 Å². The van der Waals surface area contributed by atoms with Gasteiger partial charge < -0.3 is 9.84 Å². The number of carbonyl (C=O) groups is 1. The zero-order valence-electron chi connectivity index (χ0n) is 5.42. The fourth-order valence-corrected chi connectivity index (χ4v) is 0.242. The van der Waals surface area contributed by atoms with Crippen molar-refractivity contribution in [3.8, 4) is 0 Å². The maximum Gasteiger partial charge on any atom is 0.416 e. The average molecular weight is 131 g/mol. The zero-order chi connectivity index (χ0) is 7.44. The molecule has 0 saturated heterocycles. The highest BCUT2D eigenvalue weighted by molar-refractivity contribution is 5.68. The summed E-state index contributed by atoms with van der Waals surface area (Å²) in [4.78, 5) is 11.3. The fourth-order valence-electron chi connectivity index (χ4n) is 0.242. The van der Waals surface area contributed by atoms with E-state index in [-0.39, 0.29) is 5.88 Å². The second-order valence-electron chi connectivity index (χ2n) is 1.45. The summed E-state index contributed by atoms with van der Waals surface area (Å²) >= 11 is 0. The van der Waals surface area contributed by atoms with E-state index in [2.05, 4.69) is 11.3 Å². The molecule has 4 heteroatoms. The predicted molar refractivity (Wildman–Crippen MR) is 31.9 cm³/mol. The molecular formula is C5H9NO3. The monoisotopic (exact) mass is 131 g/mol. The van der Waals surface area contributed by atoms with Crippen LogP contribution < -0.4 is 0 Å². The molecule has 0 aromatic rings. The lowest BCUT2D eigenvalue weighted by Crippen LogP contribution is -2.24. The van der Waals surface area contributed by atoms with Crippen molar-refractivity contribution in [2.24, 2.45) is 0 Å². The fraction of sp³-hybridized carbons (Fsp3) is 0.400. The van der Waals surface area contributed by atoms with Gasteiger partial charge in [0.25, 0.3) is 0 Å². The lowest BCUT2D eigenvalue weighted by molar-refractivity contribution is 0.125. The van der Waals surface area contributed by atoms with Crippen LogP contribution in [0.5, 0.6) is 0 Å². The highest BCUT2D eigenvalue weighted by Gasteiger charge is 2.08. The van der Waals surface area contributed by atoms with Crippen LogP contribution in [-0.2, 0) is 4.74 Å². The third kappa shape index (κ3) is 2.03. The number of nitrogens with zero attached hydrogens (tertiary/aromatic N) is 1. The van der Waals surface area contributed by atoms with Crippen molar-refractivity contribution in [2.45, 2.75) is 0 Å². The second-order valence-corrected chi connectivity index (χ2v) is 1.45. The lowest BCUT2D eigenvalue weighted by atomic mass is 10.7. The molecule has 52 valence electrons. The molecule has 9 heavy (non-hydrogen) atoms. The second kappa shape index (κ2) is 2.96. The summed E-state index contributed by atoms with van der Waals surface area (Å²) in [5.74, 6) is -0.332. The molecule has 0 aromatic carbocycles. The Morgan fingerprint density at radius 3 is 2.33 bits per heavy atom. The standard InChI is InChI=1S/C5H9NO3/c1-4(7)6(2)5(8)9-3/h7H,1H2,2-3H3. The maximum atomic E-state index is 10.4. The normalized spacial score (nSPS) is 8.22. The molecule has 0 fully saturated rings. The van der Waals surface area contributed by atoms with Crippen LogP contribution >= 0.6 is 0 Å². The Morgan fingerprint density at radius 1 is 1.78 bits per heavy atom. The Balaban J connectivity index is 3.88. The van der Waals surface area contributed by atoms with E-state index in [9.17, 15) is 4.79 Å². The lowest BCUT2D eigenvalue weighted by Gasteiger charge is -2.11. The van der Waals surface area contributed by atoms with Gasteiger partial charge in [-0.2, -0.15) is 0 Å². The van der Waals surface area contributed by atoms with Gasteiger partial charge in [-0.1, -0.05) is 0 Å². The van der Waals surface area contributed by atoms with E-state index in [0.717, 1.165) is 4.90 Å². The minimum atomic E-state index is -0.637. The minimum absolute atomic E-state index is 0.332. The molecule has 0 aromatic heterocycles. The Morgan fingerprint density at radius 2 is 2.22 bits per heavy atom. The van der Waals surface area contributed by atoms with E-state index in [0.29, 0.717) is 0 Å². The molecule has 0 aliphatic rings. The zero-order valence-corrected chi connectivity index (χ0v) is 5.42. The van der Waals surface area contributed by atoms with Crippen LogP contribution in [0.3, 0.4) is 0 Å². The van der Waals surface area contributed by atoms with Gasteiger partial charge in [-0.15, -0.1) is 0 Å². The first-order valence-corrected chi connectivity index (χ1v) is 2.29. The van der Waals surface area contributed by atoms with Gasteiger partial charge in [0.15, 0.2) is 5.88 Å². The summed E-state index contributed by atoms with van der Waals surface area (Å²) < 4.78 is 4.24. The predicted octanol–water partition coefficient (Wildman–Crippen LogP) is 0.714. The number of aliphatic hydroxyl groups excluding tert-OH is 1. The van der Waals surface area contributed by atoms with Crippen LogP contribution in [0, 0.1) is 0 Å². The van der Waals surface area contributed by atoms with Gasteiger partial charge in [-0.25, -0.2) is 4.79 Å². The van der Waals surface area contributed by atoms with Crippen molar-refractivity contribution in [1.82, 2.24) is 4.90 Å². The van der Waals surface area contributed by atoms with Crippen LogP contribution in [0.1, 0.15) is 0 Å². The van der Waals surface area contributed by atoms with Gasteiger partial charge in [0.1, 0.15) is 0 Å². The molecule has 0 radical (unpaired) electrons. The Bertz CT molecular complexity index is 132. The topological polar surface area (TPSA) is 49.8 Å². The maximum absolute atomic E-state index is 10.4. The Kier molecular flexibility index (Phi) is 2.57. The van der Waals surface area contributed by atoms with E-state index < -0.39 is 6.09 Å². The van der Waals surface area contributed by atoms with Crippen LogP contribution in [0.15, 0.2) is 12.5 Å². The molecule has 1 N–H and O–H groups in total. The molecule has 0 bridgehead atoms. The number of rotatable bonds is 1. The molecule has 0 saturated carbocycles. The summed E-state index contributed by atoms with van der Waals surface area (Å²) in [5, 5.41) is 8.55. The number of hydrogen-bond donors (Lipinski definition) is 1.